The summed E-state index contributed by atoms with van der Waals surface area (Å²) in [5.74, 6) is 0. The van der Waals surface area contributed by atoms with Gasteiger partial charge < -0.3 is 10.1 Å². The Labute approximate surface area is 67.3 Å². The van der Waals surface area contributed by atoms with Crippen LogP contribution in [0.25, 0.3) is 0 Å². The molecule has 1 heterocycles. The lowest BCUT2D eigenvalue weighted by atomic mass is 10.1. The first-order chi connectivity index (χ1) is 5.04. The number of nitrogens with one attached hydrogen (secondary N) is 1. The average Bonchev–Trinajstić information content (AvgIpc) is 2.32. The molecule has 1 rings (SSSR count). The predicted octanol–water partition coefficient (Wildman–Crippen LogP) is 1.80. The van der Waals surface area contributed by atoms with E-state index in [9.17, 15) is 5.11 Å². The quantitative estimate of drug-likeness (QED) is 0.667. The maximum absolute atomic E-state index is 9.57. The molecular weight excluding hydrogens is 138 g/mol. The number of H-pyrrole nitrogens is 1. The Bertz CT molecular complexity index is 232. The maximum Gasteiger partial charge on any atom is 0.0987 e. The molecule has 0 amide bonds. The van der Waals surface area contributed by atoms with Crippen LogP contribution in [0.15, 0.2) is 12.1 Å². The van der Waals surface area contributed by atoms with Gasteiger partial charge in [-0.2, -0.15) is 0 Å². The van der Waals surface area contributed by atoms with Gasteiger partial charge in [0.25, 0.3) is 0 Å². The van der Waals surface area contributed by atoms with Crippen LogP contribution in [0, 0.1) is 0 Å². The summed E-state index contributed by atoms with van der Waals surface area (Å²) < 4.78 is 0. The molecule has 11 heavy (non-hydrogen) atoms. The lowest BCUT2D eigenvalue weighted by Gasteiger charge is -2.14. The highest BCUT2D eigenvalue weighted by molar-refractivity contribution is 5.17. The Morgan fingerprint density at radius 1 is 1.45 bits per heavy atom. The minimum absolute atomic E-state index is 0.743. The third-order valence-electron chi connectivity index (χ3n) is 1.79. The van der Waals surface area contributed by atoms with E-state index < -0.39 is 5.60 Å². The van der Waals surface area contributed by atoms with E-state index in [0.29, 0.717) is 0 Å². The summed E-state index contributed by atoms with van der Waals surface area (Å²) >= 11 is 0. The highest BCUT2D eigenvalue weighted by atomic mass is 16.3. The molecule has 1 aromatic heterocycles. The Hall–Kier alpha value is -0.760. The van der Waals surface area contributed by atoms with Crippen LogP contribution < -0.4 is 0 Å². The molecule has 0 fully saturated rings. The predicted molar refractivity (Wildman–Crippen MR) is 45.4 cm³/mol. The summed E-state index contributed by atoms with van der Waals surface area (Å²) in [6.07, 6.45) is 0.982. The first-order valence-electron chi connectivity index (χ1n) is 3.94. The van der Waals surface area contributed by atoms with E-state index in [0.717, 1.165) is 12.1 Å². The zero-order valence-corrected chi connectivity index (χ0v) is 7.31. The minimum Gasteiger partial charge on any atom is -0.384 e. The van der Waals surface area contributed by atoms with Gasteiger partial charge in [0.2, 0.25) is 0 Å². The summed E-state index contributed by atoms with van der Waals surface area (Å²) in [5, 5.41) is 9.57. The molecule has 0 spiro atoms. The van der Waals surface area contributed by atoms with Crippen molar-refractivity contribution in [3.8, 4) is 0 Å². The molecule has 2 nitrogen and oxygen atoms in total. The van der Waals surface area contributed by atoms with Gasteiger partial charge in [0.1, 0.15) is 0 Å². The number of aromatic amines is 1. The van der Waals surface area contributed by atoms with Crippen LogP contribution >= 0.6 is 0 Å². The number of aliphatic hydroxyl groups is 1. The second kappa shape index (κ2) is 2.70. The highest BCUT2D eigenvalue weighted by Crippen LogP contribution is 2.18. The number of rotatable bonds is 2. The fourth-order valence-corrected chi connectivity index (χ4v) is 1.00. The second-order valence-electron chi connectivity index (χ2n) is 3.31. The fourth-order valence-electron chi connectivity index (χ4n) is 1.00. The minimum atomic E-state index is -0.743. The van der Waals surface area contributed by atoms with Gasteiger partial charge in [0.05, 0.1) is 5.60 Å². The average molecular weight is 153 g/mol. The van der Waals surface area contributed by atoms with Crippen LogP contribution in [-0.4, -0.2) is 10.1 Å². The van der Waals surface area contributed by atoms with Crippen LogP contribution in [0.2, 0.25) is 0 Å². The molecule has 0 bridgehead atoms. The zero-order valence-electron chi connectivity index (χ0n) is 7.31. The number of hydrogen-bond donors (Lipinski definition) is 2. The summed E-state index contributed by atoms with van der Waals surface area (Å²) in [4.78, 5) is 3.15. The molecule has 62 valence electrons. The third-order valence-corrected chi connectivity index (χ3v) is 1.79. The van der Waals surface area contributed by atoms with Crippen molar-refractivity contribution in [2.24, 2.45) is 0 Å². The highest BCUT2D eigenvalue weighted by Gasteiger charge is 2.16. The summed E-state index contributed by atoms with van der Waals surface area (Å²) in [6, 6.07) is 3.94. The molecule has 0 saturated heterocycles. The standard InChI is InChI=1S/C9H15NO/c1-4-7-5-6-8(10-7)9(2,3)11/h5-6,10-11H,4H2,1-3H3. The zero-order chi connectivity index (χ0) is 8.48. The summed E-state index contributed by atoms with van der Waals surface area (Å²) in [7, 11) is 0. The summed E-state index contributed by atoms with van der Waals surface area (Å²) in [6.45, 7) is 5.64. The van der Waals surface area contributed by atoms with Gasteiger partial charge in [-0.3, -0.25) is 0 Å². The molecule has 0 unspecified atom stereocenters. The van der Waals surface area contributed by atoms with Crippen LogP contribution in [0.3, 0.4) is 0 Å². The Balaban J connectivity index is 2.89. The molecule has 0 radical (unpaired) electrons. The summed E-state index contributed by atoms with van der Waals surface area (Å²) in [5.41, 5.74) is 1.31. The maximum atomic E-state index is 9.57. The third kappa shape index (κ3) is 1.84. The van der Waals surface area contributed by atoms with Gasteiger partial charge >= 0.3 is 0 Å². The SMILES string of the molecule is CCc1ccc(C(C)(C)O)[nH]1. The van der Waals surface area contributed by atoms with Gasteiger partial charge in [-0.05, 0) is 32.4 Å². The van der Waals surface area contributed by atoms with Crippen molar-refractivity contribution in [2.45, 2.75) is 32.8 Å². The normalized spacial score (nSPS) is 12.0. The molecule has 0 saturated carbocycles. The van der Waals surface area contributed by atoms with E-state index in [4.69, 9.17) is 0 Å². The van der Waals surface area contributed by atoms with E-state index in [1.54, 1.807) is 13.8 Å². The van der Waals surface area contributed by atoms with Gasteiger partial charge in [-0.15, -0.1) is 0 Å². The van der Waals surface area contributed by atoms with Crippen LogP contribution in [-0.2, 0) is 12.0 Å². The van der Waals surface area contributed by atoms with E-state index in [-0.39, 0.29) is 0 Å². The van der Waals surface area contributed by atoms with E-state index in [1.807, 2.05) is 12.1 Å². The molecular formula is C9H15NO. The second-order valence-corrected chi connectivity index (χ2v) is 3.31. The molecule has 0 aliphatic heterocycles. The van der Waals surface area contributed by atoms with Crippen molar-refractivity contribution < 1.29 is 5.11 Å². The van der Waals surface area contributed by atoms with Crippen molar-refractivity contribution in [1.82, 2.24) is 4.98 Å². The molecule has 2 heteroatoms. The first-order valence-corrected chi connectivity index (χ1v) is 3.94. The number of hydrogen-bond acceptors (Lipinski definition) is 1. The van der Waals surface area contributed by atoms with Crippen molar-refractivity contribution in [1.29, 1.82) is 0 Å². The number of aromatic nitrogens is 1. The topological polar surface area (TPSA) is 36.0 Å². The molecule has 1 aromatic rings. The molecule has 0 aliphatic rings. The Morgan fingerprint density at radius 2 is 2.09 bits per heavy atom. The van der Waals surface area contributed by atoms with Crippen molar-refractivity contribution in [2.75, 3.05) is 0 Å². The lowest BCUT2D eigenvalue weighted by Crippen LogP contribution is -2.15. The van der Waals surface area contributed by atoms with Gasteiger partial charge in [-0.1, -0.05) is 6.92 Å². The monoisotopic (exact) mass is 153 g/mol. The van der Waals surface area contributed by atoms with Gasteiger partial charge in [-0.25, -0.2) is 0 Å². The molecule has 0 aliphatic carbocycles. The molecule has 0 atom stereocenters. The fraction of sp³-hybridized carbons (Fsp3) is 0.556. The van der Waals surface area contributed by atoms with Crippen LogP contribution in [0.5, 0.6) is 0 Å². The first kappa shape index (κ1) is 8.34. The van der Waals surface area contributed by atoms with E-state index in [1.165, 1.54) is 5.69 Å². The van der Waals surface area contributed by atoms with Gasteiger partial charge in [0.15, 0.2) is 0 Å². The van der Waals surface area contributed by atoms with Gasteiger partial charge in [0, 0.05) is 11.4 Å². The van der Waals surface area contributed by atoms with Crippen LogP contribution in [0.4, 0.5) is 0 Å². The molecule has 2 N–H and O–H groups in total. The van der Waals surface area contributed by atoms with Crippen molar-refractivity contribution in [3.63, 3.8) is 0 Å². The largest absolute Gasteiger partial charge is 0.384 e. The van der Waals surface area contributed by atoms with Crippen molar-refractivity contribution >= 4 is 0 Å². The smallest absolute Gasteiger partial charge is 0.0987 e. The van der Waals surface area contributed by atoms with E-state index >= 15 is 0 Å². The number of aryl methyl sites for hydroxylation is 1. The Morgan fingerprint density at radius 3 is 2.36 bits per heavy atom. The van der Waals surface area contributed by atoms with Crippen molar-refractivity contribution in [3.05, 3.63) is 23.5 Å². The van der Waals surface area contributed by atoms with E-state index in [2.05, 4.69) is 11.9 Å². The lowest BCUT2D eigenvalue weighted by molar-refractivity contribution is 0.0743. The van der Waals surface area contributed by atoms with Crippen LogP contribution in [0.1, 0.15) is 32.2 Å². The Kier molecular flexibility index (Phi) is 2.05. The molecule has 0 aromatic carbocycles.